The minimum atomic E-state index is -3.37. The van der Waals surface area contributed by atoms with Crippen molar-refractivity contribution in [2.24, 2.45) is 16.6 Å². The van der Waals surface area contributed by atoms with Crippen LogP contribution in [0.4, 0.5) is 0 Å². The maximum Gasteiger partial charge on any atom is 0.243 e. The molecule has 8 heteroatoms. The van der Waals surface area contributed by atoms with E-state index in [9.17, 15) is 8.42 Å². The minimum Gasteiger partial charge on any atom is -0.370 e. The highest BCUT2D eigenvalue weighted by Crippen LogP contribution is 2.23. The molecule has 1 aromatic rings. The third kappa shape index (κ3) is 6.74. The summed E-state index contributed by atoms with van der Waals surface area (Å²) in [6.07, 6.45) is 3.83. The smallest absolute Gasteiger partial charge is 0.243 e. The fourth-order valence-electron chi connectivity index (χ4n) is 2.75. The molecule has 3 N–H and O–H groups in total. The van der Waals surface area contributed by atoms with Gasteiger partial charge in [-0.3, -0.25) is 4.99 Å². The highest BCUT2D eigenvalue weighted by Gasteiger charge is 2.29. The topological polar surface area (TPSA) is 87.8 Å². The Hall–Kier alpha value is -0.870. The van der Waals surface area contributed by atoms with Crippen molar-refractivity contribution in [2.45, 2.75) is 37.5 Å². The Kier molecular flexibility index (Phi) is 9.73. The van der Waals surface area contributed by atoms with Gasteiger partial charge in [-0.05, 0) is 37.3 Å². The van der Waals surface area contributed by atoms with Crippen molar-refractivity contribution in [3.05, 3.63) is 30.3 Å². The summed E-state index contributed by atoms with van der Waals surface area (Å²) in [7, 11) is -3.37. The van der Waals surface area contributed by atoms with Gasteiger partial charge in [0.25, 0.3) is 0 Å². The summed E-state index contributed by atoms with van der Waals surface area (Å²) in [4.78, 5) is 4.75. The van der Waals surface area contributed by atoms with Gasteiger partial charge >= 0.3 is 0 Å². The van der Waals surface area contributed by atoms with Crippen LogP contribution in [0.3, 0.4) is 0 Å². The molecule has 1 aliphatic heterocycles. The van der Waals surface area contributed by atoms with Crippen LogP contribution in [0.5, 0.6) is 0 Å². The molecule has 1 aliphatic rings. The second kappa shape index (κ2) is 11.0. The summed E-state index contributed by atoms with van der Waals surface area (Å²) >= 11 is 0. The van der Waals surface area contributed by atoms with E-state index in [1.807, 2.05) is 6.07 Å². The molecule has 0 aliphatic carbocycles. The molecule has 25 heavy (non-hydrogen) atoms. The molecule has 1 aromatic carbocycles. The van der Waals surface area contributed by atoms with Crippen LogP contribution in [0.1, 0.15) is 32.6 Å². The second-order valence-electron chi connectivity index (χ2n) is 6.17. The van der Waals surface area contributed by atoms with E-state index in [0.29, 0.717) is 36.4 Å². The van der Waals surface area contributed by atoms with E-state index >= 15 is 0 Å². The van der Waals surface area contributed by atoms with Crippen molar-refractivity contribution in [1.29, 1.82) is 0 Å². The second-order valence-corrected chi connectivity index (χ2v) is 8.10. The summed E-state index contributed by atoms with van der Waals surface area (Å²) in [6.45, 7) is 4.72. The fourth-order valence-corrected chi connectivity index (χ4v) is 4.24. The number of piperidine rings is 1. The van der Waals surface area contributed by atoms with Crippen molar-refractivity contribution in [2.75, 3.05) is 26.2 Å². The van der Waals surface area contributed by atoms with Crippen molar-refractivity contribution in [1.82, 2.24) is 9.62 Å². The number of benzene rings is 1. The number of nitrogens with two attached hydrogens (primary N) is 1. The highest BCUT2D eigenvalue weighted by molar-refractivity contribution is 14.0. The van der Waals surface area contributed by atoms with Gasteiger partial charge in [0.15, 0.2) is 5.96 Å². The van der Waals surface area contributed by atoms with Gasteiger partial charge in [-0.25, -0.2) is 8.42 Å². The zero-order chi connectivity index (χ0) is 17.4. The van der Waals surface area contributed by atoms with Crippen LogP contribution in [-0.4, -0.2) is 44.9 Å². The quantitative estimate of drug-likeness (QED) is 0.272. The van der Waals surface area contributed by atoms with Gasteiger partial charge in [0.1, 0.15) is 0 Å². The minimum absolute atomic E-state index is 0. The number of nitrogens with zero attached hydrogens (tertiary/aromatic N) is 2. The lowest BCUT2D eigenvalue weighted by atomic mass is 9.98. The largest absolute Gasteiger partial charge is 0.370 e. The summed E-state index contributed by atoms with van der Waals surface area (Å²) < 4.78 is 26.7. The maximum absolute atomic E-state index is 12.6. The number of aliphatic imine (C=N–C) groups is 1. The lowest BCUT2D eigenvalue weighted by Gasteiger charge is -2.30. The van der Waals surface area contributed by atoms with Crippen LogP contribution in [-0.2, 0) is 10.0 Å². The van der Waals surface area contributed by atoms with E-state index in [1.54, 1.807) is 28.6 Å². The van der Waals surface area contributed by atoms with Gasteiger partial charge in [0, 0.05) is 26.2 Å². The van der Waals surface area contributed by atoms with Crippen LogP contribution < -0.4 is 11.1 Å². The van der Waals surface area contributed by atoms with E-state index in [4.69, 9.17) is 5.73 Å². The maximum atomic E-state index is 12.6. The number of sulfonamides is 1. The molecule has 0 saturated carbocycles. The summed E-state index contributed by atoms with van der Waals surface area (Å²) in [5.41, 5.74) is 5.84. The van der Waals surface area contributed by atoms with Gasteiger partial charge in [0.2, 0.25) is 10.0 Å². The molecule has 0 unspecified atom stereocenters. The molecule has 0 spiro atoms. The average molecular weight is 480 g/mol. The molecule has 0 atom stereocenters. The first kappa shape index (κ1) is 22.2. The third-order valence-electron chi connectivity index (χ3n) is 4.31. The Balaban J connectivity index is 0.00000312. The van der Waals surface area contributed by atoms with E-state index < -0.39 is 10.0 Å². The Morgan fingerprint density at radius 3 is 2.52 bits per heavy atom. The zero-order valence-corrected chi connectivity index (χ0v) is 17.9. The molecular weight excluding hydrogens is 451 g/mol. The Morgan fingerprint density at radius 2 is 1.92 bits per heavy atom. The van der Waals surface area contributed by atoms with Gasteiger partial charge in [-0.2, -0.15) is 4.31 Å². The van der Waals surface area contributed by atoms with Crippen LogP contribution in [0, 0.1) is 5.92 Å². The van der Waals surface area contributed by atoms with Gasteiger partial charge in [-0.15, -0.1) is 24.0 Å². The Labute approximate surface area is 168 Å². The fraction of sp³-hybridized carbons (Fsp3) is 0.588. The standard InChI is InChI=1S/C17H28N4O2S.HI/c1-2-3-11-19-17(18)20-14-15-9-12-21(13-10-15)24(22,23)16-7-5-4-6-8-16;/h4-8,15H,2-3,9-14H2,1H3,(H3,18,19,20);1H. The summed E-state index contributed by atoms with van der Waals surface area (Å²) in [6, 6.07) is 8.62. The number of hydrogen-bond acceptors (Lipinski definition) is 3. The number of hydrogen-bond donors (Lipinski definition) is 2. The summed E-state index contributed by atoms with van der Waals surface area (Å²) in [5, 5.41) is 3.10. The van der Waals surface area contributed by atoms with Crippen molar-refractivity contribution >= 4 is 40.0 Å². The van der Waals surface area contributed by atoms with E-state index in [-0.39, 0.29) is 24.0 Å². The number of halogens is 1. The molecule has 1 heterocycles. The molecule has 6 nitrogen and oxygen atoms in total. The van der Waals surface area contributed by atoms with Crippen LogP contribution in [0.25, 0.3) is 0 Å². The Bertz CT molecular complexity index is 629. The Morgan fingerprint density at radius 1 is 1.28 bits per heavy atom. The first-order chi connectivity index (χ1) is 11.5. The van der Waals surface area contributed by atoms with Crippen molar-refractivity contribution < 1.29 is 8.42 Å². The molecule has 142 valence electrons. The van der Waals surface area contributed by atoms with Crippen LogP contribution in [0.15, 0.2) is 40.2 Å². The zero-order valence-electron chi connectivity index (χ0n) is 14.7. The molecule has 0 bridgehead atoms. The monoisotopic (exact) mass is 480 g/mol. The normalized spacial score (nSPS) is 17.1. The highest BCUT2D eigenvalue weighted by atomic mass is 127. The molecule has 2 rings (SSSR count). The molecular formula is C17H29IN4O2S. The van der Waals surface area contributed by atoms with Gasteiger partial charge in [0.05, 0.1) is 4.90 Å². The number of unbranched alkanes of at least 4 members (excludes halogenated alkanes) is 1. The molecule has 0 radical (unpaired) electrons. The predicted octanol–water partition coefficient (Wildman–Crippen LogP) is 2.41. The third-order valence-corrected chi connectivity index (χ3v) is 6.22. The molecule has 0 amide bonds. The van der Waals surface area contributed by atoms with E-state index in [0.717, 1.165) is 32.2 Å². The van der Waals surface area contributed by atoms with E-state index in [1.165, 1.54) is 0 Å². The van der Waals surface area contributed by atoms with Crippen molar-refractivity contribution in [3.8, 4) is 0 Å². The lowest BCUT2D eigenvalue weighted by Crippen LogP contribution is -2.39. The molecule has 1 fully saturated rings. The van der Waals surface area contributed by atoms with Crippen LogP contribution in [0.2, 0.25) is 0 Å². The first-order valence-corrected chi connectivity index (χ1v) is 10.1. The number of rotatable bonds is 7. The average Bonchev–Trinajstić information content (AvgIpc) is 2.61. The number of guanidine groups is 1. The predicted molar refractivity (Wildman–Crippen MR) is 113 cm³/mol. The summed E-state index contributed by atoms with van der Waals surface area (Å²) in [5.74, 6) is 0.876. The molecule has 0 aromatic heterocycles. The molecule has 1 saturated heterocycles. The SMILES string of the molecule is CCCCNC(N)=NCC1CCN(S(=O)(=O)c2ccccc2)CC1.I. The van der Waals surface area contributed by atoms with Gasteiger partial charge < -0.3 is 11.1 Å². The van der Waals surface area contributed by atoms with Crippen molar-refractivity contribution in [3.63, 3.8) is 0 Å². The lowest BCUT2D eigenvalue weighted by molar-refractivity contribution is 0.279. The van der Waals surface area contributed by atoms with Crippen LogP contribution >= 0.6 is 24.0 Å². The first-order valence-electron chi connectivity index (χ1n) is 8.63. The number of nitrogens with one attached hydrogen (secondary N) is 1. The van der Waals surface area contributed by atoms with E-state index in [2.05, 4.69) is 17.2 Å². The van der Waals surface area contributed by atoms with Gasteiger partial charge in [-0.1, -0.05) is 31.5 Å².